The van der Waals surface area contributed by atoms with Crippen LogP contribution in [0.4, 0.5) is 5.69 Å². The van der Waals surface area contributed by atoms with Crippen LogP contribution < -0.4 is 5.32 Å². The Morgan fingerprint density at radius 3 is 3.11 bits per heavy atom. The Morgan fingerprint density at radius 1 is 1.47 bits per heavy atom. The standard InChI is InChI=1S/C14H21BrClN3/c1-2-6-19-7-3-4-12(5-8-19)18-13-9-11(15)10-17-14(13)16/h9-10,12,18H,2-8H2,1H3. The molecule has 2 heterocycles. The first kappa shape index (κ1) is 15.1. The first-order valence-corrected chi connectivity index (χ1v) is 8.16. The van der Waals surface area contributed by atoms with Gasteiger partial charge < -0.3 is 10.2 Å². The molecule has 0 radical (unpaired) electrons. The van der Waals surface area contributed by atoms with Gasteiger partial charge in [0.2, 0.25) is 0 Å². The number of anilines is 1. The molecule has 0 spiro atoms. The van der Waals surface area contributed by atoms with E-state index in [-0.39, 0.29) is 0 Å². The number of hydrogen-bond acceptors (Lipinski definition) is 3. The zero-order chi connectivity index (χ0) is 13.7. The van der Waals surface area contributed by atoms with Gasteiger partial charge in [-0.3, -0.25) is 0 Å². The molecule has 1 N–H and O–H groups in total. The molecule has 1 aliphatic rings. The van der Waals surface area contributed by atoms with Crippen molar-refractivity contribution < 1.29 is 0 Å². The first-order valence-electron chi connectivity index (χ1n) is 6.99. The van der Waals surface area contributed by atoms with Crippen LogP contribution in [0, 0.1) is 0 Å². The van der Waals surface area contributed by atoms with Crippen LogP contribution in [0.5, 0.6) is 0 Å². The van der Waals surface area contributed by atoms with Gasteiger partial charge in [0.15, 0.2) is 5.15 Å². The molecule has 0 bridgehead atoms. The third-order valence-corrected chi connectivity index (χ3v) is 4.26. The molecule has 5 heteroatoms. The van der Waals surface area contributed by atoms with Crippen molar-refractivity contribution in [1.29, 1.82) is 0 Å². The maximum absolute atomic E-state index is 6.13. The summed E-state index contributed by atoms with van der Waals surface area (Å²) in [6, 6.07) is 2.50. The van der Waals surface area contributed by atoms with Crippen LogP contribution in [0.25, 0.3) is 0 Å². The van der Waals surface area contributed by atoms with Crippen LogP contribution in [0.15, 0.2) is 16.7 Å². The summed E-state index contributed by atoms with van der Waals surface area (Å²) < 4.78 is 0.959. The molecule has 0 aromatic carbocycles. The lowest BCUT2D eigenvalue weighted by atomic mass is 10.1. The molecule has 1 aliphatic heterocycles. The van der Waals surface area contributed by atoms with E-state index in [2.05, 4.69) is 38.1 Å². The van der Waals surface area contributed by atoms with Gasteiger partial charge in [0, 0.05) is 23.3 Å². The van der Waals surface area contributed by atoms with E-state index in [1.165, 1.54) is 45.3 Å². The van der Waals surface area contributed by atoms with Crippen LogP contribution in [0.1, 0.15) is 32.6 Å². The number of hydrogen-bond donors (Lipinski definition) is 1. The Hall–Kier alpha value is -0.320. The number of halogens is 2. The smallest absolute Gasteiger partial charge is 0.152 e. The molecule has 1 atom stereocenters. The molecule has 0 aliphatic carbocycles. The maximum Gasteiger partial charge on any atom is 0.152 e. The second-order valence-electron chi connectivity index (χ2n) is 5.11. The van der Waals surface area contributed by atoms with E-state index >= 15 is 0 Å². The van der Waals surface area contributed by atoms with E-state index in [0.29, 0.717) is 11.2 Å². The number of likely N-dealkylation sites (tertiary alicyclic amines) is 1. The van der Waals surface area contributed by atoms with Crippen molar-refractivity contribution in [3.8, 4) is 0 Å². The first-order chi connectivity index (χ1) is 9.19. The van der Waals surface area contributed by atoms with Crippen LogP contribution in [0.2, 0.25) is 5.15 Å². The summed E-state index contributed by atoms with van der Waals surface area (Å²) >= 11 is 9.57. The molecule has 1 unspecified atom stereocenters. The van der Waals surface area contributed by atoms with Gasteiger partial charge in [0.05, 0.1) is 5.69 Å². The number of rotatable bonds is 4. The van der Waals surface area contributed by atoms with Crippen molar-refractivity contribution in [2.24, 2.45) is 0 Å². The van der Waals surface area contributed by atoms with Gasteiger partial charge in [-0.15, -0.1) is 0 Å². The van der Waals surface area contributed by atoms with Crippen molar-refractivity contribution in [3.63, 3.8) is 0 Å². The summed E-state index contributed by atoms with van der Waals surface area (Å²) in [5, 5.41) is 4.10. The largest absolute Gasteiger partial charge is 0.380 e. The molecule has 19 heavy (non-hydrogen) atoms. The quantitative estimate of drug-likeness (QED) is 0.829. The van der Waals surface area contributed by atoms with E-state index in [1.807, 2.05) is 6.07 Å². The molecule has 1 fully saturated rings. The Kier molecular flexibility index (Phi) is 5.92. The lowest BCUT2D eigenvalue weighted by Gasteiger charge is -2.20. The van der Waals surface area contributed by atoms with Gasteiger partial charge in [0.25, 0.3) is 0 Å². The minimum Gasteiger partial charge on any atom is -0.380 e. The van der Waals surface area contributed by atoms with Gasteiger partial charge in [-0.05, 0) is 60.8 Å². The van der Waals surface area contributed by atoms with E-state index in [4.69, 9.17) is 11.6 Å². The summed E-state index contributed by atoms with van der Waals surface area (Å²) in [5.74, 6) is 0. The summed E-state index contributed by atoms with van der Waals surface area (Å²) in [6.07, 6.45) is 6.58. The van der Waals surface area contributed by atoms with E-state index in [9.17, 15) is 0 Å². The van der Waals surface area contributed by atoms with Crippen molar-refractivity contribution >= 4 is 33.2 Å². The van der Waals surface area contributed by atoms with Crippen molar-refractivity contribution in [1.82, 2.24) is 9.88 Å². The maximum atomic E-state index is 6.13. The van der Waals surface area contributed by atoms with Gasteiger partial charge in [-0.1, -0.05) is 18.5 Å². The van der Waals surface area contributed by atoms with E-state index in [1.54, 1.807) is 6.20 Å². The second-order valence-corrected chi connectivity index (χ2v) is 6.38. The third-order valence-electron chi connectivity index (χ3n) is 3.53. The minimum absolute atomic E-state index is 0.496. The molecular weight excluding hydrogens is 326 g/mol. The average molecular weight is 347 g/mol. The molecule has 1 saturated heterocycles. The highest BCUT2D eigenvalue weighted by molar-refractivity contribution is 9.10. The van der Waals surface area contributed by atoms with Crippen molar-refractivity contribution in [2.45, 2.75) is 38.6 Å². The predicted molar refractivity (Wildman–Crippen MR) is 84.9 cm³/mol. The van der Waals surface area contributed by atoms with Crippen LogP contribution in [0.3, 0.4) is 0 Å². The van der Waals surface area contributed by atoms with Crippen LogP contribution in [-0.2, 0) is 0 Å². The Balaban J connectivity index is 1.94. The Morgan fingerprint density at radius 2 is 2.32 bits per heavy atom. The highest BCUT2D eigenvalue weighted by Gasteiger charge is 2.17. The highest BCUT2D eigenvalue weighted by Crippen LogP contribution is 2.25. The highest BCUT2D eigenvalue weighted by atomic mass is 79.9. The van der Waals surface area contributed by atoms with Crippen molar-refractivity contribution in [3.05, 3.63) is 21.9 Å². The minimum atomic E-state index is 0.496. The molecule has 1 aromatic rings. The van der Waals surface area contributed by atoms with Gasteiger partial charge in [0.1, 0.15) is 0 Å². The van der Waals surface area contributed by atoms with Gasteiger partial charge >= 0.3 is 0 Å². The zero-order valence-corrected chi connectivity index (χ0v) is 13.7. The third kappa shape index (κ3) is 4.62. The average Bonchev–Trinajstić information content (AvgIpc) is 2.60. The van der Waals surface area contributed by atoms with Crippen molar-refractivity contribution in [2.75, 3.05) is 25.0 Å². The normalized spacial score (nSPS) is 21.1. The summed E-state index contributed by atoms with van der Waals surface area (Å²) in [7, 11) is 0. The SMILES string of the molecule is CCCN1CCCC(Nc2cc(Br)cnc2Cl)CC1. The topological polar surface area (TPSA) is 28.2 Å². The number of pyridine rings is 1. The summed E-state index contributed by atoms with van der Waals surface area (Å²) in [4.78, 5) is 6.72. The lowest BCUT2D eigenvalue weighted by Crippen LogP contribution is -2.27. The molecule has 0 amide bonds. The van der Waals surface area contributed by atoms with E-state index < -0.39 is 0 Å². The molecular formula is C14H21BrClN3. The monoisotopic (exact) mass is 345 g/mol. The zero-order valence-electron chi connectivity index (χ0n) is 11.3. The Labute approximate surface area is 128 Å². The number of nitrogens with one attached hydrogen (secondary N) is 1. The number of nitrogens with zero attached hydrogens (tertiary/aromatic N) is 2. The molecule has 106 valence electrons. The fraction of sp³-hybridized carbons (Fsp3) is 0.643. The van der Waals surface area contributed by atoms with Gasteiger partial charge in [-0.25, -0.2) is 4.98 Å². The van der Waals surface area contributed by atoms with Crippen LogP contribution >= 0.6 is 27.5 Å². The fourth-order valence-corrected chi connectivity index (χ4v) is 3.07. The van der Waals surface area contributed by atoms with Crippen LogP contribution in [-0.4, -0.2) is 35.6 Å². The van der Waals surface area contributed by atoms with E-state index in [0.717, 1.165) is 10.2 Å². The molecule has 3 nitrogen and oxygen atoms in total. The lowest BCUT2D eigenvalue weighted by molar-refractivity contribution is 0.285. The predicted octanol–water partition coefficient (Wildman–Crippen LogP) is 4.17. The summed E-state index contributed by atoms with van der Waals surface area (Å²) in [6.45, 7) is 5.85. The second kappa shape index (κ2) is 7.46. The molecule has 2 rings (SSSR count). The molecule has 0 saturated carbocycles. The summed E-state index contributed by atoms with van der Waals surface area (Å²) in [5.41, 5.74) is 0.935. The number of aromatic nitrogens is 1. The Bertz CT molecular complexity index is 414. The van der Waals surface area contributed by atoms with Gasteiger partial charge in [-0.2, -0.15) is 0 Å². The fourth-order valence-electron chi connectivity index (χ4n) is 2.58. The molecule has 1 aromatic heterocycles.